The van der Waals surface area contributed by atoms with E-state index < -0.39 is 4.32 Å². The van der Waals surface area contributed by atoms with Crippen LogP contribution in [0.15, 0.2) is 11.1 Å². The number of hydrogen-bond donors (Lipinski definition) is 0. The lowest BCUT2D eigenvalue weighted by molar-refractivity contribution is -0.118. The van der Waals surface area contributed by atoms with E-state index in [1.807, 2.05) is 6.92 Å². The van der Waals surface area contributed by atoms with Crippen molar-refractivity contribution in [2.45, 2.75) is 44.4 Å². The highest BCUT2D eigenvalue weighted by molar-refractivity contribution is 9.10. The van der Waals surface area contributed by atoms with Crippen molar-refractivity contribution in [3.63, 3.8) is 0 Å². The Hall–Kier alpha value is -0.620. The SMILES string of the molecule is CC1=C([C@@H]2C[C@]2(Br)C#N)CC(C)(C)CC1=O. The number of alkyl halides is 1. The zero-order valence-electron chi connectivity index (χ0n) is 9.93. The molecule has 0 amide bonds. The molecule has 0 radical (unpaired) electrons. The first kappa shape index (κ1) is 11.9. The molecule has 86 valence electrons. The molecule has 2 rings (SSSR count). The van der Waals surface area contributed by atoms with Crippen LogP contribution in [0.4, 0.5) is 0 Å². The maximum Gasteiger partial charge on any atom is 0.159 e. The Bertz CT molecular complexity index is 430. The smallest absolute Gasteiger partial charge is 0.159 e. The number of allylic oxidation sites excluding steroid dienone is 2. The molecule has 2 nitrogen and oxygen atoms in total. The lowest BCUT2D eigenvalue weighted by Crippen LogP contribution is -2.26. The standard InChI is InChI=1S/C13H16BrNO/c1-8-9(10-5-13(10,14)7-15)4-12(2,3)6-11(8)16/h10H,4-6H2,1-3H3/t10-,13-/m0/s1. The molecular weight excluding hydrogens is 266 g/mol. The Labute approximate surface area is 105 Å². The zero-order valence-corrected chi connectivity index (χ0v) is 11.5. The monoisotopic (exact) mass is 281 g/mol. The second-order valence-corrected chi connectivity index (χ2v) is 7.24. The highest BCUT2D eigenvalue weighted by Gasteiger charge is 2.56. The van der Waals surface area contributed by atoms with E-state index >= 15 is 0 Å². The van der Waals surface area contributed by atoms with Crippen molar-refractivity contribution in [2.24, 2.45) is 11.3 Å². The van der Waals surface area contributed by atoms with E-state index in [0.29, 0.717) is 6.42 Å². The third-order valence-corrected chi connectivity index (χ3v) is 4.76. The normalized spacial score (nSPS) is 37.2. The van der Waals surface area contributed by atoms with Gasteiger partial charge in [0.2, 0.25) is 0 Å². The fourth-order valence-corrected chi connectivity index (χ4v) is 3.20. The van der Waals surface area contributed by atoms with Crippen LogP contribution in [0.1, 0.15) is 40.0 Å². The van der Waals surface area contributed by atoms with Gasteiger partial charge in [0.05, 0.1) is 6.07 Å². The molecule has 1 saturated carbocycles. The molecule has 0 aromatic carbocycles. The van der Waals surface area contributed by atoms with Crippen molar-refractivity contribution in [1.82, 2.24) is 0 Å². The van der Waals surface area contributed by atoms with Gasteiger partial charge in [-0.3, -0.25) is 4.79 Å². The van der Waals surface area contributed by atoms with Gasteiger partial charge in [0.25, 0.3) is 0 Å². The first-order chi connectivity index (χ1) is 7.29. The highest BCUT2D eigenvalue weighted by atomic mass is 79.9. The molecule has 3 heteroatoms. The predicted molar refractivity (Wildman–Crippen MR) is 66.1 cm³/mol. The molecular formula is C13H16BrNO. The molecule has 0 bridgehead atoms. The molecule has 2 aliphatic rings. The molecule has 0 aliphatic heterocycles. The van der Waals surface area contributed by atoms with Crippen molar-refractivity contribution in [3.05, 3.63) is 11.1 Å². The predicted octanol–water partition coefficient (Wildman–Crippen LogP) is 3.37. The van der Waals surface area contributed by atoms with E-state index in [1.165, 1.54) is 5.57 Å². The van der Waals surface area contributed by atoms with E-state index in [9.17, 15) is 4.79 Å². The second-order valence-electron chi connectivity index (χ2n) is 5.82. The van der Waals surface area contributed by atoms with Crippen LogP contribution in [0, 0.1) is 22.7 Å². The lowest BCUT2D eigenvalue weighted by Gasteiger charge is -2.31. The molecule has 2 aliphatic carbocycles. The fraction of sp³-hybridized carbons (Fsp3) is 0.692. The third kappa shape index (κ3) is 1.84. The van der Waals surface area contributed by atoms with Crippen LogP contribution in [0.5, 0.6) is 0 Å². The summed E-state index contributed by atoms with van der Waals surface area (Å²) in [6.45, 7) is 6.17. The topological polar surface area (TPSA) is 40.9 Å². The number of carbonyl (C=O) groups excluding carboxylic acids is 1. The number of nitriles is 1. The molecule has 0 saturated heterocycles. The lowest BCUT2D eigenvalue weighted by atomic mass is 9.72. The van der Waals surface area contributed by atoms with Gasteiger partial charge in [-0.2, -0.15) is 5.26 Å². The maximum absolute atomic E-state index is 11.9. The minimum atomic E-state index is -0.392. The molecule has 0 aromatic heterocycles. The summed E-state index contributed by atoms with van der Waals surface area (Å²) in [6.07, 6.45) is 2.43. The van der Waals surface area contributed by atoms with Crippen LogP contribution in [-0.2, 0) is 4.79 Å². The van der Waals surface area contributed by atoms with Gasteiger partial charge in [-0.1, -0.05) is 35.4 Å². The van der Waals surface area contributed by atoms with Gasteiger partial charge < -0.3 is 0 Å². The van der Waals surface area contributed by atoms with Gasteiger partial charge in [-0.05, 0) is 30.8 Å². The first-order valence-corrected chi connectivity index (χ1v) is 6.41. The Morgan fingerprint density at radius 1 is 1.44 bits per heavy atom. The van der Waals surface area contributed by atoms with Crippen LogP contribution >= 0.6 is 15.9 Å². The van der Waals surface area contributed by atoms with Gasteiger partial charge in [-0.15, -0.1) is 0 Å². The second kappa shape index (κ2) is 3.43. The van der Waals surface area contributed by atoms with Crippen LogP contribution in [0.2, 0.25) is 0 Å². The first-order valence-electron chi connectivity index (χ1n) is 5.62. The molecule has 0 aromatic rings. The molecule has 0 unspecified atom stereocenters. The van der Waals surface area contributed by atoms with E-state index in [0.717, 1.165) is 18.4 Å². The Morgan fingerprint density at radius 3 is 2.56 bits per heavy atom. The molecule has 1 fully saturated rings. The molecule has 0 N–H and O–H groups in total. The quantitative estimate of drug-likeness (QED) is 0.692. The van der Waals surface area contributed by atoms with Gasteiger partial charge in [0, 0.05) is 12.3 Å². The summed E-state index contributed by atoms with van der Waals surface area (Å²) in [5.41, 5.74) is 2.17. The van der Waals surface area contributed by atoms with E-state index in [-0.39, 0.29) is 17.1 Å². The maximum atomic E-state index is 11.9. The minimum Gasteiger partial charge on any atom is -0.295 e. The number of hydrogen-bond acceptors (Lipinski definition) is 2. The molecule has 2 atom stereocenters. The number of carbonyl (C=O) groups is 1. The summed E-state index contributed by atoms with van der Waals surface area (Å²) in [5.74, 6) is 0.506. The van der Waals surface area contributed by atoms with Gasteiger partial charge in [-0.25, -0.2) is 0 Å². The number of ketones is 1. The number of Topliss-reactive ketones (excluding diaryl/α,β-unsaturated/α-hetero) is 1. The van der Waals surface area contributed by atoms with Crippen LogP contribution in [-0.4, -0.2) is 10.1 Å². The van der Waals surface area contributed by atoms with Gasteiger partial charge in [0.15, 0.2) is 5.78 Å². The number of rotatable bonds is 1. The molecule has 16 heavy (non-hydrogen) atoms. The highest BCUT2D eigenvalue weighted by Crippen LogP contribution is 2.58. The largest absolute Gasteiger partial charge is 0.295 e. The minimum absolute atomic E-state index is 0.0535. The van der Waals surface area contributed by atoms with Crippen molar-refractivity contribution < 1.29 is 4.79 Å². The number of halogens is 1. The van der Waals surface area contributed by atoms with Crippen molar-refractivity contribution in [3.8, 4) is 6.07 Å². The fourth-order valence-electron chi connectivity index (χ4n) is 2.60. The van der Waals surface area contributed by atoms with E-state index in [4.69, 9.17) is 5.26 Å². The molecule has 0 heterocycles. The van der Waals surface area contributed by atoms with Crippen molar-refractivity contribution in [1.29, 1.82) is 5.26 Å². The Morgan fingerprint density at radius 2 is 2.06 bits per heavy atom. The van der Waals surface area contributed by atoms with Crippen LogP contribution < -0.4 is 0 Å². The number of nitrogens with zero attached hydrogens (tertiary/aromatic N) is 1. The van der Waals surface area contributed by atoms with E-state index in [1.54, 1.807) is 0 Å². The van der Waals surface area contributed by atoms with Crippen molar-refractivity contribution in [2.75, 3.05) is 0 Å². The van der Waals surface area contributed by atoms with Gasteiger partial charge >= 0.3 is 0 Å². The van der Waals surface area contributed by atoms with Crippen LogP contribution in [0.25, 0.3) is 0 Å². The zero-order chi connectivity index (χ0) is 12.1. The molecule has 0 spiro atoms. The Balaban J connectivity index is 2.31. The van der Waals surface area contributed by atoms with Gasteiger partial charge in [0.1, 0.15) is 4.32 Å². The summed E-state index contributed by atoms with van der Waals surface area (Å²) in [6, 6.07) is 2.30. The van der Waals surface area contributed by atoms with Crippen molar-refractivity contribution >= 4 is 21.7 Å². The third-order valence-electron chi connectivity index (χ3n) is 3.71. The average molecular weight is 282 g/mol. The summed E-state index contributed by atoms with van der Waals surface area (Å²) < 4.78 is -0.392. The summed E-state index contributed by atoms with van der Waals surface area (Å²) in [4.78, 5) is 11.9. The summed E-state index contributed by atoms with van der Waals surface area (Å²) in [7, 11) is 0. The summed E-state index contributed by atoms with van der Waals surface area (Å²) >= 11 is 3.47. The summed E-state index contributed by atoms with van der Waals surface area (Å²) in [5, 5.41) is 9.04. The Kier molecular flexibility index (Phi) is 2.54. The van der Waals surface area contributed by atoms with E-state index in [2.05, 4.69) is 35.8 Å². The average Bonchev–Trinajstić information content (AvgIpc) is 2.85. The van der Waals surface area contributed by atoms with Crippen LogP contribution in [0.3, 0.4) is 0 Å².